The Kier molecular flexibility index (Phi) is 1.64. The third-order valence-corrected chi connectivity index (χ3v) is 1.87. The van der Waals surface area contributed by atoms with E-state index in [2.05, 4.69) is 11.1 Å². The number of nitriles is 1. The highest BCUT2D eigenvalue weighted by Gasteiger charge is 2.07. The fourth-order valence-electron chi connectivity index (χ4n) is 1.27. The van der Waals surface area contributed by atoms with Crippen molar-refractivity contribution in [1.82, 2.24) is 9.38 Å². The predicted molar refractivity (Wildman–Crippen MR) is 46.5 cm³/mol. The van der Waals surface area contributed by atoms with Gasteiger partial charge in [0, 0.05) is 6.20 Å². The molecule has 0 saturated carbocycles. The number of aromatic nitrogens is 2. The van der Waals surface area contributed by atoms with Gasteiger partial charge < -0.3 is 9.14 Å². The summed E-state index contributed by atoms with van der Waals surface area (Å²) in [6.45, 7) is 0. The van der Waals surface area contributed by atoms with Gasteiger partial charge in [0.25, 0.3) is 0 Å². The maximum Gasteiger partial charge on any atom is 0.162 e. The fourth-order valence-corrected chi connectivity index (χ4v) is 1.27. The van der Waals surface area contributed by atoms with Crippen molar-refractivity contribution in [3.8, 4) is 11.8 Å². The molecule has 2 heterocycles. The molecule has 4 heteroatoms. The molecule has 0 aliphatic heterocycles. The number of fused-ring (bicyclic) bond motifs is 1. The summed E-state index contributed by atoms with van der Waals surface area (Å²) in [6, 6.07) is 3.76. The summed E-state index contributed by atoms with van der Waals surface area (Å²) in [5.41, 5.74) is 1.33. The average Bonchev–Trinajstić information content (AvgIpc) is 2.63. The van der Waals surface area contributed by atoms with Crippen LogP contribution in [0.5, 0.6) is 5.75 Å². The van der Waals surface area contributed by atoms with Crippen LogP contribution in [-0.4, -0.2) is 16.5 Å². The van der Waals surface area contributed by atoms with Crippen LogP contribution in [-0.2, 0) is 0 Å². The molecular formula is C9H7N3O. The first-order chi connectivity index (χ1) is 6.36. The van der Waals surface area contributed by atoms with Gasteiger partial charge in [0.1, 0.15) is 11.6 Å². The zero-order valence-electron chi connectivity index (χ0n) is 7.06. The van der Waals surface area contributed by atoms with Crippen LogP contribution in [0.1, 0.15) is 5.56 Å². The van der Waals surface area contributed by atoms with E-state index in [1.54, 1.807) is 36.3 Å². The van der Waals surface area contributed by atoms with Crippen molar-refractivity contribution in [3.63, 3.8) is 0 Å². The molecule has 0 fully saturated rings. The van der Waals surface area contributed by atoms with Crippen LogP contribution in [0.15, 0.2) is 24.8 Å². The van der Waals surface area contributed by atoms with Crippen LogP contribution in [0.3, 0.4) is 0 Å². The molecule has 0 N–H and O–H groups in total. The summed E-state index contributed by atoms with van der Waals surface area (Å²) in [5.74, 6) is 0.572. The Balaban J connectivity index is 2.84. The zero-order chi connectivity index (χ0) is 9.26. The normalized spacial score (nSPS) is 9.85. The second-order valence-corrected chi connectivity index (χ2v) is 2.56. The van der Waals surface area contributed by atoms with E-state index < -0.39 is 0 Å². The third-order valence-electron chi connectivity index (χ3n) is 1.87. The third kappa shape index (κ3) is 1.02. The fraction of sp³-hybridized carbons (Fsp3) is 0.111. The van der Waals surface area contributed by atoms with E-state index >= 15 is 0 Å². The number of hydrogen-bond acceptors (Lipinski definition) is 3. The Morgan fingerprint density at radius 2 is 2.46 bits per heavy atom. The number of imidazole rings is 1. The van der Waals surface area contributed by atoms with Crippen molar-refractivity contribution in [2.24, 2.45) is 0 Å². The first-order valence-corrected chi connectivity index (χ1v) is 3.75. The van der Waals surface area contributed by atoms with Crippen LogP contribution < -0.4 is 4.74 Å². The minimum Gasteiger partial charge on any atom is -0.493 e. The minimum absolute atomic E-state index is 0.524. The van der Waals surface area contributed by atoms with E-state index in [0.29, 0.717) is 11.3 Å². The largest absolute Gasteiger partial charge is 0.493 e. The summed E-state index contributed by atoms with van der Waals surface area (Å²) in [4.78, 5) is 3.96. The summed E-state index contributed by atoms with van der Waals surface area (Å²) in [6.07, 6.45) is 5.11. The first-order valence-electron chi connectivity index (χ1n) is 3.75. The van der Waals surface area contributed by atoms with Crippen LogP contribution >= 0.6 is 0 Å². The molecule has 0 bridgehead atoms. The van der Waals surface area contributed by atoms with Crippen LogP contribution in [0, 0.1) is 11.3 Å². The molecule has 0 saturated heterocycles. The van der Waals surface area contributed by atoms with Gasteiger partial charge in [0.05, 0.1) is 25.2 Å². The molecule has 0 aliphatic carbocycles. The Bertz CT molecular complexity index is 481. The number of ether oxygens (including phenoxy) is 1. The molecule has 64 valence electrons. The molecule has 0 aliphatic rings. The van der Waals surface area contributed by atoms with Gasteiger partial charge in [0.2, 0.25) is 0 Å². The Morgan fingerprint density at radius 1 is 1.62 bits per heavy atom. The Hall–Kier alpha value is -2.02. The minimum atomic E-state index is 0.524. The van der Waals surface area contributed by atoms with Crippen LogP contribution in [0.25, 0.3) is 5.52 Å². The maximum atomic E-state index is 8.79. The monoisotopic (exact) mass is 173 g/mol. The van der Waals surface area contributed by atoms with Crippen molar-refractivity contribution in [1.29, 1.82) is 5.26 Å². The molecule has 0 amide bonds. The SMILES string of the molecule is COc1c(C#N)ccn2cncc12. The maximum absolute atomic E-state index is 8.79. The van der Waals surface area contributed by atoms with Gasteiger partial charge in [-0.2, -0.15) is 5.26 Å². The lowest BCUT2D eigenvalue weighted by Crippen LogP contribution is -1.92. The lowest BCUT2D eigenvalue weighted by Gasteiger charge is -2.03. The lowest BCUT2D eigenvalue weighted by molar-refractivity contribution is 0.416. The van der Waals surface area contributed by atoms with Crippen molar-refractivity contribution >= 4 is 5.52 Å². The molecule has 0 aromatic carbocycles. The van der Waals surface area contributed by atoms with E-state index in [4.69, 9.17) is 10.00 Å². The second-order valence-electron chi connectivity index (χ2n) is 2.56. The molecule has 0 spiro atoms. The summed E-state index contributed by atoms with van der Waals surface area (Å²) < 4.78 is 6.93. The first kappa shape index (κ1) is 7.62. The quantitative estimate of drug-likeness (QED) is 0.651. The predicted octanol–water partition coefficient (Wildman–Crippen LogP) is 1.21. The summed E-state index contributed by atoms with van der Waals surface area (Å²) >= 11 is 0. The topological polar surface area (TPSA) is 50.3 Å². The lowest BCUT2D eigenvalue weighted by atomic mass is 10.2. The van der Waals surface area contributed by atoms with Gasteiger partial charge >= 0.3 is 0 Å². The molecule has 2 aromatic rings. The highest BCUT2D eigenvalue weighted by molar-refractivity contribution is 5.65. The molecule has 13 heavy (non-hydrogen) atoms. The van der Waals surface area contributed by atoms with Crippen LogP contribution in [0.2, 0.25) is 0 Å². The van der Waals surface area contributed by atoms with E-state index in [-0.39, 0.29) is 0 Å². The Morgan fingerprint density at radius 3 is 3.15 bits per heavy atom. The number of rotatable bonds is 1. The average molecular weight is 173 g/mol. The second kappa shape index (κ2) is 2.79. The number of pyridine rings is 1. The number of nitrogens with zero attached hydrogens (tertiary/aromatic N) is 3. The standard InChI is InChI=1S/C9H7N3O/c1-13-9-7(4-10)2-3-12-6-11-5-8(9)12/h2-3,5-6H,1H3. The zero-order valence-corrected chi connectivity index (χ0v) is 7.06. The number of hydrogen-bond donors (Lipinski definition) is 0. The molecule has 4 nitrogen and oxygen atoms in total. The smallest absolute Gasteiger partial charge is 0.162 e. The molecule has 0 atom stereocenters. The van der Waals surface area contributed by atoms with E-state index in [9.17, 15) is 0 Å². The van der Waals surface area contributed by atoms with E-state index in [0.717, 1.165) is 5.52 Å². The summed E-state index contributed by atoms with van der Waals surface area (Å²) in [7, 11) is 1.54. The van der Waals surface area contributed by atoms with Gasteiger partial charge in [-0.05, 0) is 6.07 Å². The van der Waals surface area contributed by atoms with Gasteiger partial charge in [0.15, 0.2) is 5.75 Å². The van der Waals surface area contributed by atoms with Gasteiger partial charge in [-0.25, -0.2) is 4.98 Å². The van der Waals surface area contributed by atoms with Gasteiger partial charge in [-0.3, -0.25) is 0 Å². The van der Waals surface area contributed by atoms with Crippen LogP contribution in [0.4, 0.5) is 0 Å². The molecule has 2 aromatic heterocycles. The van der Waals surface area contributed by atoms with Crippen molar-refractivity contribution in [2.75, 3.05) is 7.11 Å². The van der Waals surface area contributed by atoms with Crippen molar-refractivity contribution < 1.29 is 4.74 Å². The molecule has 0 radical (unpaired) electrons. The van der Waals surface area contributed by atoms with Crippen molar-refractivity contribution in [2.45, 2.75) is 0 Å². The summed E-state index contributed by atoms with van der Waals surface area (Å²) in [5, 5.41) is 8.79. The highest BCUT2D eigenvalue weighted by Crippen LogP contribution is 2.23. The van der Waals surface area contributed by atoms with Gasteiger partial charge in [-0.15, -0.1) is 0 Å². The Labute approximate surface area is 75.0 Å². The molecule has 2 rings (SSSR count). The van der Waals surface area contributed by atoms with Crippen molar-refractivity contribution in [3.05, 3.63) is 30.4 Å². The molecular weight excluding hydrogens is 166 g/mol. The van der Waals surface area contributed by atoms with E-state index in [1.165, 1.54) is 0 Å². The van der Waals surface area contributed by atoms with E-state index in [1.807, 2.05) is 0 Å². The van der Waals surface area contributed by atoms with Gasteiger partial charge in [-0.1, -0.05) is 0 Å². The molecule has 0 unspecified atom stereocenters. The number of methoxy groups -OCH3 is 1. The highest BCUT2D eigenvalue weighted by atomic mass is 16.5.